The first-order chi connectivity index (χ1) is 4.20. The fourth-order valence-corrected chi connectivity index (χ4v) is 0.420. The Morgan fingerprint density at radius 2 is 1.83 bits per heavy atom. The van der Waals surface area contributed by atoms with Crippen molar-refractivity contribution in [2.45, 2.75) is 48.1 Å². The monoisotopic (exact) mass is 180 g/mol. The van der Waals surface area contributed by atoms with E-state index in [1.54, 1.807) is 0 Å². The molecule has 0 spiro atoms. The zero-order chi connectivity index (χ0) is 7.28. The van der Waals surface area contributed by atoms with Crippen LogP contribution in [0.25, 0.3) is 0 Å². The van der Waals surface area contributed by atoms with E-state index in [1.807, 2.05) is 6.92 Å². The van der Waals surface area contributed by atoms with Gasteiger partial charge < -0.3 is 9.84 Å². The van der Waals surface area contributed by atoms with Gasteiger partial charge in [-0.1, -0.05) is 29.2 Å². The Kier molecular flexibility index (Phi) is 24.5. The molecule has 0 rings (SSSR count). The second-order valence-corrected chi connectivity index (χ2v) is 1.84. The minimum Gasteiger partial charge on any atom is -0.469 e. The quantitative estimate of drug-likeness (QED) is 0.677. The van der Waals surface area contributed by atoms with Crippen LogP contribution < -0.4 is 0 Å². The van der Waals surface area contributed by atoms with Gasteiger partial charge in [-0.25, -0.2) is 0 Å². The van der Waals surface area contributed by atoms with Gasteiger partial charge in [-0.15, -0.1) is 0 Å². The van der Waals surface area contributed by atoms with Gasteiger partial charge in [0.25, 0.3) is 0 Å². The molecule has 1 atom stereocenters. The summed E-state index contributed by atoms with van der Waals surface area (Å²) in [5.41, 5.74) is 0. The van der Waals surface area contributed by atoms with Crippen LogP contribution in [0.4, 0.5) is 0 Å². The van der Waals surface area contributed by atoms with Crippen molar-refractivity contribution in [1.29, 1.82) is 0 Å². The standard InChI is InChI=1S/C6H12O3.3CH4/c1-3-5(7)4-6(8)9-2;;;/h5,7H,3-4H2,1-2H3;3*1H4. The van der Waals surface area contributed by atoms with Crippen molar-refractivity contribution in [3.8, 4) is 0 Å². The SMILES string of the molecule is C.C.C.CCC(O)CC(=O)OC. The summed E-state index contributed by atoms with van der Waals surface area (Å²) in [6.07, 6.45) is 0.152. The number of aliphatic hydroxyl groups excluding tert-OH is 1. The second kappa shape index (κ2) is 13.1. The second-order valence-electron chi connectivity index (χ2n) is 1.84. The largest absolute Gasteiger partial charge is 0.469 e. The van der Waals surface area contributed by atoms with Gasteiger partial charge in [-0.05, 0) is 6.42 Å². The van der Waals surface area contributed by atoms with Crippen LogP contribution in [-0.4, -0.2) is 24.3 Å². The number of ether oxygens (including phenoxy) is 1. The lowest BCUT2D eigenvalue weighted by molar-refractivity contribution is -0.142. The zero-order valence-electron chi connectivity index (χ0n) is 5.76. The first kappa shape index (κ1) is 22.5. The van der Waals surface area contributed by atoms with Crippen LogP contribution in [0.1, 0.15) is 42.0 Å². The van der Waals surface area contributed by atoms with Crippen molar-refractivity contribution in [3.63, 3.8) is 0 Å². The molecule has 0 aromatic rings. The van der Waals surface area contributed by atoms with E-state index in [4.69, 9.17) is 5.11 Å². The fourth-order valence-electron chi connectivity index (χ4n) is 0.420. The lowest BCUT2D eigenvalue weighted by atomic mass is 10.2. The molecule has 0 aliphatic heterocycles. The number of carbonyl (C=O) groups is 1. The van der Waals surface area contributed by atoms with Crippen LogP contribution in [0.2, 0.25) is 0 Å². The number of hydrogen-bond acceptors (Lipinski definition) is 3. The highest BCUT2D eigenvalue weighted by Crippen LogP contribution is 1.96. The highest BCUT2D eigenvalue weighted by atomic mass is 16.5. The lowest BCUT2D eigenvalue weighted by Crippen LogP contribution is -2.12. The van der Waals surface area contributed by atoms with E-state index < -0.39 is 6.10 Å². The molecule has 0 bridgehead atoms. The first-order valence-electron chi connectivity index (χ1n) is 2.95. The number of carbonyl (C=O) groups excluding carboxylic acids is 1. The Morgan fingerprint density at radius 3 is 2.08 bits per heavy atom. The maximum absolute atomic E-state index is 10.4. The van der Waals surface area contributed by atoms with Crippen LogP contribution in [0.3, 0.4) is 0 Å². The lowest BCUT2D eigenvalue weighted by Gasteiger charge is -2.03. The highest BCUT2D eigenvalue weighted by molar-refractivity contribution is 5.69. The van der Waals surface area contributed by atoms with Crippen LogP contribution in [0.15, 0.2) is 0 Å². The first-order valence-corrected chi connectivity index (χ1v) is 2.95. The maximum atomic E-state index is 10.4. The number of esters is 1. The van der Waals surface area contributed by atoms with E-state index in [2.05, 4.69) is 4.74 Å². The molecule has 0 aliphatic rings. The predicted molar refractivity (Wildman–Crippen MR) is 53.1 cm³/mol. The molecule has 0 heterocycles. The van der Waals surface area contributed by atoms with E-state index in [1.165, 1.54) is 7.11 Å². The van der Waals surface area contributed by atoms with Gasteiger partial charge in [-0.2, -0.15) is 0 Å². The normalized spacial score (nSPS) is 9.58. The van der Waals surface area contributed by atoms with Crippen molar-refractivity contribution < 1.29 is 14.6 Å². The Balaban J connectivity index is -0.000000107. The van der Waals surface area contributed by atoms with Gasteiger partial charge in [0.1, 0.15) is 0 Å². The summed E-state index contributed by atoms with van der Waals surface area (Å²) in [6.45, 7) is 1.81. The smallest absolute Gasteiger partial charge is 0.308 e. The maximum Gasteiger partial charge on any atom is 0.308 e. The van der Waals surface area contributed by atoms with E-state index >= 15 is 0 Å². The number of methoxy groups -OCH3 is 1. The summed E-state index contributed by atoms with van der Waals surface area (Å²) in [5.74, 6) is -0.357. The summed E-state index contributed by atoms with van der Waals surface area (Å²) in [7, 11) is 1.31. The summed E-state index contributed by atoms with van der Waals surface area (Å²) in [5, 5.41) is 8.86. The molecular formula is C9H24O3. The zero-order valence-corrected chi connectivity index (χ0v) is 5.76. The molecule has 0 radical (unpaired) electrons. The molecule has 3 nitrogen and oxygen atoms in total. The third-order valence-corrected chi connectivity index (χ3v) is 1.10. The molecule has 0 aromatic heterocycles. The number of hydrogen-bond donors (Lipinski definition) is 1. The molecule has 3 heteroatoms. The fraction of sp³-hybridized carbons (Fsp3) is 0.889. The third kappa shape index (κ3) is 12.1. The van der Waals surface area contributed by atoms with Gasteiger partial charge in [0.2, 0.25) is 0 Å². The minimum atomic E-state index is -0.544. The van der Waals surface area contributed by atoms with Crippen molar-refractivity contribution in [3.05, 3.63) is 0 Å². The topological polar surface area (TPSA) is 46.5 Å². The highest BCUT2D eigenvalue weighted by Gasteiger charge is 2.06. The Hall–Kier alpha value is -0.570. The Bertz CT molecular complexity index is 91.8. The van der Waals surface area contributed by atoms with Crippen LogP contribution in [-0.2, 0) is 9.53 Å². The van der Waals surface area contributed by atoms with Crippen LogP contribution in [0, 0.1) is 0 Å². The third-order valence-electron chi connectivity index (χ3n) is 1.10. The van der Waals surface area contributed by atoms with Crippen LogP contribution in [0.5, 0.6) is 0 Å². The molecule has 1 unspecified atom stereocenters. The molecule has 0 amide bonds. The molecule has 0 fully saturated rings. The summed E-state index contributed by atoms with van der Waals surface area (Å²) >= 11 is 0. The molecule has 78 valence electrons. The van der Waals surface area contributed by atoms with Gasteiger partial charge in [0.05, 0.1) is 19.6 Å². The molecule has 0 saturated heterocycles. The minimum absolute atomic E-state index is 0. The average Bonchev–Trinajstić information content (AvgIpc) is 1.87. The molecule has 12 heavy (non-hydrogen) atoms. The van der Waals surface area contributed by atoms with Gasteiger partial charge in [-0.3, -0.25) is 4.79 Å². The average molecular weight is 180 g/mol. The van der Waals surface area contributed by atoms with Gasteiger partial charge >= 0.3 is 5.97 Å². The van der Waals surface area contributed by atoms with E-state index in [0.717, 1.165) is 0 Å². The Morgan fingerprint density at radius 1 is 1.42 bits per heavy atom. The molecule has 0 saturated carbocycles. The Labute approximate surface area is 76.7 Å². The summed E-state index contributed by atoms with van der Waals surface area (Å²) < 4.78 is 4.32. The number of rotatable bonds is 3. The van der Waals surface area contributed by atoms with Crippen molar-refractivity contribution in [1.82, 2.24) is 0 Å². The van der Waals surface area contributed by atoms with Gasteiger partial charge in [0, 0.05) is 0 Å². The number of aliphatic hydroxyl groups is 1. The molecule has 0 aliphatic carbocycles. The predicted octanol–water partition coefficient (Wildman–Crippen LogP) is 2.23. The van der Waals surface area contributed by atoms with Gasteiger partial charge in [0.15, 0.2) is 0 Å². The summed E-state index contributed by atoms with van der Waals surface area (Å²) in [4.78, 5) is 10.4. The molecular weight excluding hydrogens is 156 g/mol. The van der Waals surface area contributed by atoms with Crippen molar-refractivity contribution >= 4 is 5.97 Å². The molecule has 0 aromatic carbocycles. The van der Waals surface area contributed by atoms with E-state index in [-0.39, 0.29) is 34.7 Å². The summed E-state index contributed by atoms with van der Waals surface area (Å²) in [6, 6.07) is 0. The van der Waals surface area contributed by atoms with Crippen LogP contribution >= 0.6 is 0 Å². The van der Waals surface area contributed by atoms with Crippen molar-refractivity contribution in [2.75, 3.05) is 7.11 Å². The van der Waals surface area contributed by atoms with Crippen molar-refractivity contribution in [2.24, 2.45) is 0 Å². The molecule has 1 N–H and O–H groups in total. The van der Waals surface area contributed by atoms with E-state index in [0.29, 0.717) is 6.42 Å². The van der Waals surface area contributed by atoms with E-state index in [9.17, 15) is 4.79 Å².